The van der Waals surface area contributed by atoms with Gasteiger partial charge in [-0.15, -0.1) is 0 Å². The van der Waals surface area contributed by atoms with Gasteiger partial charge in [0.25, 0.3) is 5.69 Å². The van der Waals surface area contributed by atoms with Crippen molar-refractivity contribution in [2.45, 2.75) is 33.2 Å². The second kappa shape index (κ2) is 10.7. The van der Waals surface area contributed by atoms with Crippen LogP contribution < -0.4 is 9.61 Å². The van der Waals surface area contributed by atoms with E-state index >= 15 is 0 Å². The van der Waals surface area contributed by atoms with Gasteiger partial charge in [0.15, 0.2) is 6.61 Å². The number of hydrogen-bond donors (Lipinski definition) is 2. The van der Waals surface area contributed by atoms with Gasteiger partial charge < -0.3 is 14.4 Å². The fourth-order valence-electron chi connectivity index (χ4n) is 2.07. The quantitative estimate of drug-likeness (QED) is 0.224. The van der Waals surface area contributed by atoms with Crippen molar-refractivity contribution >= 4 is 25.4 Å². The highest BCUT2D eigenvalue weighted by Gasteiger charge is 2.35. The van der Waals surface area contributed by atoms with Crippen LogP contribution in [0.25, 0.3) is 0 Å². The Hall–Kier alpha value is -2.49. The van der Waals surface area contributed by atoms with E-state index in [1.165, 1.54) is 12.1 Å². The van der Waals surface area contributed by atoms with Crippen LogP contribution >= 0.6 is 7.75 Å². The first kappa shape index (κ1) is 23.5. The molecule has 0 saturated carbocycles. The van der Waals surface area contributed by atoms with E-state index in [4.69, 9.17) is 9.05 Å². The molecule has 0 heterocycles. The standard InChI is InChI=1S/C16H23N2O9P/c1-4-25-15(19)10-26-28(24,17-14(16(20)21)9-11(2)3)27-13-7-5-12(6-8-13)18(22)23/h5-8,11,14H,4,9-10H2,1-3H3,(H,17,24)(H,20,21)/t14-,28?/m0/s1. The summed E-state index contributed by atoms with van der Waals surface area (Å²) in [7, 11) is -4.33. The molecular formula is C16H23N2O9P. The van der Waals surface area contributed by atoms with Gasteiger partial charge in [-0.25, -0.2) is 9.36 Å². The van der Waals surface area contributed by atoms with Gasteiger partial charge in [-0.05, 0) is 31.4 Å². The molecule has 1 rings (SSSR count). The molecule has 1 aromatic rings. The molecule has 0 aliphatic carbocycles. The maximum atomic E-state index is 13.0. The van der Waals surface area contributed by atoms with Gasteiger partial charge in [-0.3, -0.25) is 19.4 Å². The Morgan fingerprint density at radius 3 is 2.36 bits per heavy atom. The third kappa shape index (κ3) is 8.03. The molecule has 1 unspecified atom stereocenters. The second-order valence-electron chi connectivity index (χ2n) is 6.07. The number of rotatable bonds is 12. The molecular weight excluding hydrogens is 395 g/mol. The molecule has 12 heteroatoms. The molecule has 2 atom stereocenters. The fraction of sp³-hybridized carbons (Fsp3) is 0.500. The van der Waals surface area contributed by atoms with Crippen LogP contribution in [0.1, 0.15) is 27.2 Å². The van der Waals surface area contributed by atoms with E-state index in [2.05, 4.69) is 9.82 Å². The van der Waals surface area contributed by atoms with Gasteiger partial charge in [-0.2, -0.15) is 5.09 Å². The molecule has 2 N–H and O–H groups in total. The van der Waals surface area contributed by atoms with Gasteiger partial charge in [-0.1, -0.05) is 13.8 Å². The van der Waals surface area contributed by atoms with E-state index in [-0.39, 0.29) is 30.4 Å². The van der Waals surface area contributed by atoms with Gasteiger partial charge in [0.2, 0.25) is 0 Å². The number of nitro groups is 1. The fourth-order valence-corrected chi connectivity index (χ4v) is 3.52. The van der Waals surface area contributed by atoms with E-state index < -0.39 is 37.3 Å². The molecule has 28 heavy (non-hydrogen) atoms. The average molecular weight is 418 g/mol. The predicted molar refractivity (Wildman–Crippen MR) is 97.9 cm³/mol. The summed E-state index contributed by atoms with van der Waals surface area (Å²) < 4.78 is 28.0. The summed E-state index contributed by atoms with van der Waals surface area (Å²) in [6, 6.07) is 3.32. The first-order valence-corrected chi connectivity index (χ1v) is 9.95. The maximum absolute atomic E-state index is 13.0. The minimum Gasteiger partial charge on any atom is -0.480 e. The third-order valence-corrected chi connectivity index (χ3v) is 4.80. The Balaban J connectivity index is 3.04. The predicted octanol–water partition coefficient (Wildman–Crippen LogP) is 2.75. The lowest BCUT2D eigenvalue weighted by atomic mass is 10.1. The van der Waals surface area contributed by atoms with Crippen LogP contribution in [-0.4, -0.2) is 41.2 Å². The normalized spacial score (nSPS) is 14.1. The number of aliphatic carboxylic acids is 1. The summed E-state index contributed by atoms with van der Waals surface area (Å²) in [6.07, 6.45) is 0.117. The van der Waals surface area contributed by atoms with E-state index in [1.807, 2.05) is 0 Å². The molecule has 156 valence electrons. The summed E-state index contributed by atoms with van der Waals surface area (Å²) in [5.74, 6) is -2.21. The second-order valence-corrected chi connectivity index (χ2v) is 7.76. The lowest BCUT2D eigenvalue weighted by molar-refractivity contribution is -0.384. The Bertz CT molecular complexity index is 736. The zero-order valence-electron chi connectivity index (χ0n) is 15.7. The van der Waals surface area contributed by atoms with Gasteiger partial charge >= 0.3 is 19.7 Å². The number of nitrogens with zero attached hydrogens (tertiary/aromatic N) is 1. The summed E-state index contributed by atoms with van der Waals surface area (Å²) >= 11 is 0. The van der Waals surface area contributed by atoms with Gasteiger partial charge in [0.1, 0.15) is 11.8 Å². The molecule has 0 bridgehead atoms. The van der Waals surface area contributed by atoms with Crippen molar-refractivity contribution in [2.75, 3.05) is 13.2 Å². The lowest BCUT2D eigenvalue weighted by Gasteiger charge is -2.24. The van der Waals surface area contributed by atoms with E-state index in [1.54, 1.807) is 20.8 Å². The molecule has 11 nitrogen and oxygen atoms in total. The number of carbonyl (C=O) groups is 2. The highest BCUT2D eigenvalue weighted by molar-refractivity contribution is 7.52. The SMILES string of the molecule is CCOC(=O)COP(=O)(N[C@@H](CC(C)C)C(=O)O)Oc1ccc([N+](=O)[O-])cc1. The van der Waals surface area contributed by atoms with E-state index in [0.29, 0.717) is 0 Å². The molecule has 0 amide bonds. The highest BCUT2D eigenvalue weighted by Crippen LogP contribution is 2.45. The Labute approximate surface area is 161 Å². The van der Waals surface area contributed by atoms with Crippen molar-refractivity contribution in [3.05, 3.63) is 34.4 Å². The minimum absolute atomic E-state index is 0.0496. The Morgan fingerprint density at radius 1 is 1.29 bits per heavy atom. The molecule has 0 aliphatic rings. The first-order chi connectivity index (χ1) is 13.1. The topological polar surface area (TPSA) is 154 Å². The molecule has 0 saturated heterocycles. The smallest absolute Gasteiger partial charge is 0.460 e. The summed E-state index contributed by atoms with van der Waals surface area (Å²) in [6.45, 7) is 4.47. The van der Waals surface area contributed by atoms with Crippen molar-refractivity contribution in [2.24, 2.45) is 5.92 Å². The van der Waals surface area contributed by atoms with Crippen molar-refractivity contribution < 1.29 is 38.0 Å². The molecule has 0 spiro atoms. The van der Waals surface area contributed by atoms with Crippen LogP contribution in [0.5, 0.6) is 5.75 Å². The van der Waals surface area contributed by atoms with Crippen LogP contribution in [0.15, 0.2) is 24.3 Å². The minimum atomic E-state index is -4.33. The summed E-state index contributed by atoms with van der Waals surface area (Å²) in [5.41, 5.74) is -0.217. The number of non-ortho nitro benzene ring substituents is 1. The van der Waals surface area contributed by atoms with Gasteiger partial charge in [0.05, 0.1) is 11.5 Å². The van der Waals surface area contributed by atoms with E-state index in [9.17, 15) is 29.4 Å². The number of carbonyl (C=O) groups excluding carboxylic acids is 1. The first-order valence-electron chi connectivity index (χ1n) is 8.41. The molecule has 0 radical (unpaired) electrons. The molecule has 0 fully saturated rings. The van der Waals surface area contributed by atoms with Crippen molar-refractivity contribution in [1.29, 1.82) is 0 Å². The number of benzene rings is 1. The Kier molecular flexibility index (Phi) is 9.04. The number of carboxylic acids is 1. The third-order valence-electron chi connectivity index (χ3n) is 3.25. The van der Waals surface area contributed by atoms with Crippen LogP contribution in [0.4, 0.5) is 5.69 Å². The Morgan fingerprint density at radius 2 is 1.89 bits per heavy atom. The van der Waals surface area contributed by atoms with Crippen LogP contribution in [0.3, 0.4) is 0 Å². The van der Waals surface area contributed by atoms with Crippen molar-refractivity contribution in [3.63, 3.8) is 0 Å². The number of hydrogen-bond acceptors (Lipinski definition) is 8. The number of nitrogens with one attached hydrogen (secondary N) is 1. The lowest BCUT2D eigenvalue weighted by Crippen LogP contribution is -2.37. The van der Waals surface area contributed by atoms with Crippen LogP contribution in [0.2, 0.25) is 0 Å². The summed E-state index contributed by atoms with van der Waals surface area (Å²) in [5, 5.41) is 22.4. The average Bonchev–Trinajstić information content (AvgIpc) is 2.60. The molecule has 0 aliphatic heterocycles. The van der Waals surface area contributed by atoms with Gasteiger partial charge in [0, 0.05) is 12.1 Å². The van der Waals surface area contributed by atoms with Crippen molar-refractivity contribution in [1.82, 2.24) is 5.09 Å². The summed E-state index contributed by atoms with van der Waals surface area (Å²) in [4.78, 5) is 33.1. The molecule has 1 aromatic carbocycles. The van der Waals surface area contributed by atoms with Crippen LogP contribution in [0, 0.1) is 16.0 Å². The number of ether oxygens (including phenoxy) is 1. The van der Waals surface area contributed by atoms with Crippen LogP contribution in [-0.2, 0) is 23.4 Å². The number of esters is 1. The number of carboxylic acid groups (broad SMARTS) is 1. The van der Waals surface area contributed by atoms with E-state index in [0.717, 1.165) is 12.1 Å². The van der Waals surface area contributed by atoms with Crippen molar-refractivity contribution in [3.8, 4) is 5.75 Å². The molecule has 0 aromatic heterocycles. The zero-order valence-corrected chi connectivity index (χ0v) is 16.6. The highest BCUT2D eigenvalue weighted by atomic mass is 31.2. The maximum Gasteiger partial charge on any atom is 0.460 e. The number of nitro benzene ring substituents is 1. The monoisotopic (exact) mass is 418 g/mol. The zero-order chi connectivity index (χ0) is 21.3. The largest absolute Gasteiger partial charge is 0.480 e.